The molecule has 0 aromatic heterocycles. The standard InChI is InChI=1S/C19H25N3O2/c1-24-16-10-6-5-9-15(16)19(13-11-12-13)17(23)22(18(20)21-19)14-7-3-2-4-8-14/h5-6,9-10,13-14H,2-4,7-8,11-12H2,1H3,(H2,20,21). The number of nitrogens with two attached hydrogens (primary N) is 1. The summed E-state index contributed by atoms with van der Waals surface area (Å²) < 4.78 is 5.54. The van der Waals surface area contributed by atoms with Crippen LogP contribution >= 0.6 is 0 Å². The molecule has 1 heterocycles. The SMILES string of the molecule is COc1ccccc1C1(C2CC2)N=C(N)N(C2CCCCC2)C1=O. The van der Waals surface area contributed by atoms with Gasteiger partial charge in [-0.1, -0.05) is 37.5 Å². The minimum Gasteiger partial charge on any atom is -0.496 e. The molecule has 5 heteroatoms. The lowest BCUT2D eigenvalue weighted by molar-refractivity contribution is -0.134. The fourth-order valence-electron chi connectivity index (χ4n) is 4.38. The van der Waals surface area contributed by atoms with Crippen LogP contribution in [0.25, 0.3) is 0 Å². The van der Waals surface area contributed by atoms with E-state index in [-0.39, 0.29) is 17.9 Å². The number of hydrogen-bond donors (Lipinski definition) is 1. The van der Waals surface area contributed by atoms with Crippen LogP contribution in [0.3, 0.4) is 0 Å². The van der Waals surface area contributed by atoms with Gasteiger partial charge in [0, 0.05) is 11.6 Å². The number of hydrogen-bond acceptors (Lipinski definition) is 4. The Kier molecular flexibility index (Phi) is 3.74. The highest BCUT2D eigenvalue weighted by atomic mass is 16.5. The molecule has 1 unspecified atom stereocenters. The number of para-hydroxylation sites is 1. The van der Waals surface area contributed by atoms with Gasteiger partial charge in [-0.15, -0.1) is 0 Å². The van der Waals surface area contributed by atoms with E-state index in [4.69, 9.17) is 15.5 Å². The van der Waals surface area contributed by atoms with E-state index in [1.807, 2.05) is 24.3 Å². The summed E-state index contributed by atoms with van der Waals surface area (Å²) >= 11 is 0. The summed E-state index contributed by atoms with van der Waals surface area (Å²) in [6.07, 6.45) is 7.64. The normalized spacial score (nSPS) is 28.1. The van der Waals surface area contributed by atoms with Crippen LogP contribution in [0.5, 0.6) is 5.75 Å². The molecule has 128 valence electrons. The zero-order valence-corrected chi connectivity index (χ0v) is 14.2. The quantitative estimate of drug-likeness (QED) is 0.924. The second-order valence-corrected chi connectivity index (χ2v) is 7.18. The number of amides is 1. The highest BCUT2D eigenvalue weighted by molar-refractivity contribution is 6.08. The van der Waals surface area contributed by atoms with Crippen LogP contribution in [-0.4, -0.2) is 29.9 Å². The lowest BCUT2D eigenvalue weighted by Gasteiger charge is -2.33. The van der Waals surface area contributed by atoms with E-state index in [1.165, 1.54) is 6.42 Å². The van der Waals surface area contributed by atoms with Crippen molar-refractivity contribution in [1.82, 2.24) is 4.90 Å². The molecule has 3 aliphatic rings. The van der Waals surface area contributed by atoms with Gasteiger partial charge in [0.05, 0.1) is 7.11 Å². The Hall–Kier alpha value is -2.04. The van der Waals surface area contributed by atoms with Gasteiger partial charge in [0.1, 0.15) is 5.75 Å². The highest BCUT2D eigenvalue weighted by Crippen LogP contribution is 2.54. The number of methoxy groups -OCH3 is 1. The zero-order chi connectivity index (χ0) is 16.7. The molecule has 2 aliphatic carbocycles. The molecule has 24 heavy (non-hydrogen) atoms. The van der Waals surface area contributed by atoms with Gasteiger partial charge in [-0.2, -0.15) is 0 Å². The van der Waals surface area contributed by atoms with Crippen molar-refractivity contribution in [3.63, 3.8) is 0 Å². The number of rotatable bonds is 4. The predicted octanol–water partition coefficient (Wildman–Crippen LogP) is 2.79. The van der Waals surface area contributed by atoms with Gasteiger partial charge in [0.15, 0.2) is 11.5 Å². The van der Waals surface area contributed by atoms with Crippen LogP contribution in [0.4, 0.5) is 0 Å². The van der Waals surface area contributed by atoms with Crippen LogP contribution in [-0.2, 0) is 10.3 Å². The maximum absolute atomic E-state index is 13.6. The van der Waals surface area contributed by atoms with Gasteiger partial charge < -0.3 is 10.5 Å². The Morgan fingerprint density at radius 2 is 1.88 bits per heavy atom. The third-order valence-corrected chi connectivity index (χ3v) is 5.71. The summed E-state index contributed by atoms with van der Waals surface area (Å²) in [6, 6.07) is 7.95. The third-order valence-electron chi connectivity index (χ3n) is 5.71. The first-order valence-corrected chi connectivity index (χ1v) is 9.01. The molecule has 1 aliphatic heterocycles. The second kappa shape index (κ2) is 5.80. The third kappa shape index (κ3) is 2.21. The fourth-order valence-corrected chi connectivity index (χ4v) is 4.38. The Morgan fingerprint density at radius 1 is 1.17 bits per heavy atom. The van der Waals surface area contributed by atoms with Crippen LogP contribution in [0.2, 0.25) is 0 Å². The van der Waals surface area contributed by atoms with Gasteiger partial charge in [-0.25, -0.2) is 4.99 Å². The van der Waals surface area contributed by atoms with Gasteiger partial charge in [0.25, 0.3) is 5.91 Å². The van der Waals surface area contributed by atoms with E-state index < -0.39 is 5.54 Å². The topological polar surface area (TPSA) is 67.9 Å². The minimum absolute atomic E-state index is 0.0545. The largest absolute Gasteiger partial charge is 0.496 e. The van der Waals surface area contributed by atoms with E-state index in [0.717, 1.165) is 49.8 Å². The first kappa shape index (κ1) is 15.5. The molecule has 1 atom stereocenters. The van der Waals surface area contributed by atoms with Crippen molar-refractivity contribution in [3.05, 3.63) is 29.8 Å². The average Bonchev–Trinajstić information content (AvgIpc) is 3.42. The number of benzene rings is 1. The van der Waals surface area contributed by atoms with E-state index >= 15 is 0 Å². The lowest BCUT2D eigenvalue weighted by atomic mass is 9.83. The molecule has 1 amide bonds. The Labute approximate surface area is 142 Å². The van der Waals surface area contributed by atoms with E-state index in [1.54, 1.807) is 12.0 Å². The highest BCUT2D eigenvalue weighted by Gasteiger charge is 2.60. The maximum atomic E-state index is 13.6. The summed E-state index contributed by atoms with van der Waals surface area (Å²) in [5, 5.41) is 0. The van der Waals surface area contributed by atoms with Gasteiger partial charge in [-0.3, -0.25) is 9.69 Å². The Balaban J connectivity index is 1.78. The molecule has 2 fully saturated rings. The summed E-state index contributed by atoms with van der Waals surface area (Å²) in [6.45, 7) is 0. The second-order valence-electron chi connectivity index (χ2n) is 7.18. The summed E-state index contributed by atoms with van der Waals surface area (Å²) in [7, 11) is 1.64. The minimum atomic E-state index is -0.881. The maximum Gasteiger partial charge on any atom is 0.262 e. The number of ether oxygens (including phenoxy) is 1. The van der Waals surface area contributed by atoms with E-state index in [0.29, 0.717) is 5.96 Å². The van der Waals surface area contributed by atoms with Crippen molar-refractivity contribution >= 4 is 11.9 Å². The van der Waals surface area contributed by atoms with Crippen molar-refractivity contribution in [3.8, 4) is 5.75 Å². The number of guanidine groups is 1. The van der Waals surface area contributed by atoms with Crippen LogP contribution in [0.15, 0.2) is 29.3 Å². The van der Waals surface area contributed by atoms with Crippen molar-refractivity contribution in [2.75, 3.05) is 7.11 Å². The molecule has 1 aromatic rings. The van der Waals surface area contributed by atoms with E-state index in [2.05, 4.69) is 0 Å². The van der Waals surface area contributed by atoms with Gasteiger partial charge in [-0.05, 0) is 37.7 Å². The molecular formula is C19H25N3O2. The van der Waals surface area contributed by atoms with Gasteiger partial charge in [0.2, 0.25) is 0 Å². The van der Waals surface area contributed by atoms with E-state index in [9.17, 15) is 4.79 Å². The molecule has 1 aromatic carbocycles. The molecule has 0 bridgehead atoms. The van der Waals surface area contributed by atoms with Crippen LogP contribution < -0.4 is 10.5 Å². The Bertz CT molecular complexity index is 677. The predicted molar refractivity (Wildman–Crippen MR) is 92.7 cm³/mol. The molecule has 2 saturated carbocycles. The molecule has 2 N–H and O–H groups in total. The first-order valence-electron chi connectivity index (χ1n) is 9.01. The number of nitrogens with zero attached hydrogens (tertiary/aromatic N) is 2. The summed E-state index contributed by atoms with van der Waals surface area (Å²) in [5.74, 6) is 1.40. The molecule has 0 saturated heterocycles. The van der Waals surface area contributed by atoms with Crippen LogP contribution in [0.1, 0.15) is 50.5 Å². The van der Waals surface area contributed by atoms with Crippen molar-refractivity contribution in [1.29, 1.82) is 0 Å². The first-order chi connectivity index (χ1) is 11.7. The zero-order valence-electron chi connectivity index (χ0n) is 14.2. The van der Waals surface area contributed by atoms with Gasteiger partial charge >= 0.3 is 0 Å². The van der Waals surface area contributed by atoms with Crippen molar-refractivity contribution in [2.24, 2.45) is 16.6 Å². The molecule has 0 radical (unpaired) electrons. The number of aliphatic imine (C=N–C) groups is 1. The fraction of sp³-hybridized carbons (Fsp3) is 0.579. The Morgan fingerprint density at radius 3 is 2.54 bits per heavy atom. The number of carbonyl (C=O) groups is 1. The average molecular weight is 327 g/mol. The number of carbonyl (C=O) groups excluding carboxylic acids is 1. The monoisotopic (exact) mass is 327 g/mol. The summed E-state index contributed by atoms with van der Waals surface area (Å²) in [5.41, 5.74) is 6.27. The molecule has 4 rings (SSSR count). The smallest absolute Gasteiger partial charge is 0.262 e. The lowest BCUT2D eigenvalue weighted by Crippen LogP contribution is -2.50. The van der Waals surface area contributed by atoms with Crippen molar-refractivity contribution < 1.29 is 9.53 Å². The van der Waals surface area contributed by atoms with Crippen LogP contribution in [0, 0.1) is 5.92 Å². The van der Waals surface area contributed by atoms with Crippen molar-refractivity contribution in [2.45, 2.75) is 56.5 Å². The summed E-state index contributed by atoms with van der Waals surface area (Å²) in [4.78, 5) is 20.1. The molecular weight excluding hydrogens is 302 g/mol. The molecule has 0 spiro atoms. The molecule has 5 nitrogen and oxygen atoms in total.